The van der Waals surface area contributed by atoms with Gasteiger partial charge in [-0.25, -0.2) is 4.98 Å². The van der Waals surface area contributed by atoms with Crippen LogP contribution in [0.5, 0.6) is 0 Å². The van der Waals surface area contributed by atoms with E-state index in [9.17, 15) is 4.79 Å². The summed E-state index contributed by atoms with van der Waals surface area (Å²) >= 11 is 4.97. The van der Waals surface area contributed by atoms with E-state index >= 15 is 0 Å². The molecule has 3 fully saturated rings. The first-order valence-electron chi connectivity index (χ1n) is 10.1. The quantitative estimate of drug-likeness (QED) is 0.501. The average Bonchev–Trinajstić information content (AvgIpc) is 3.32. The lowest BCUT2D eigenvalue weighted by Crippen LogP contribution is -2.45. The summed E-state index contributed by atoms with van der Waals surface area (Å²) in [5.41, 5.74) is 3.81. The Bertz CT molecular complexity index is 1170. The second-order valence-electron chi connectivity index (χ2n) is 8.65. The van der Waals surface area contributed by atoms with Gasteiger partial charge in [0.05, 0.1) is 9.30 Å². The Balaban J connectivity index is 1.51. The number of hydrogen-bond acceptors (Lipinski definition) is 3. The second kappa shape index (κ2) is 6.14. The number of benzene rings is 1. The topological polar surface area (TPSA) is 45.8 Å². The molecule has 142 valence electrons. The molecule has 1 N–H and O–H groups in total. The molecule has 3 nitrogen and oxygen atoms in total. The van der Waals surface area contributed by atoms with Crippen molar-refractivity contribution in [1.29, 1.82) is 0 Å². The molecule has 2 bridgehead atoms. The highest BCUT2D eigenvalue weighted by Crippen LogP contribution is 2.64. The predicted octanol–water partition coefficient (Wildman–Crippen LogP) is 6.22. The molecule has 2 atom stereocenters. The lowest BCUT2D eigenvalue weighted by Gasteiger charge is -2.54. The number of thiophene rings is 1. The first kappa shape index (κ1) is 17.2. The average molecular weight is 453 g/mol. The van der Waals surface area contributed by atoms with Crippen LogP contribution >= 0.6 is 27.3 Å². The maximum absolute atomic E-state index is 12.8. The number of allylic oxidation sites excluding steroid dienone is 1. The Hall–Kier alpha value is -1.72. The Labute approximate surface area is 176 Å². The molecule has 3 aromatic rings. The van der Waals surface area contributed by atoms with Crippen molar-refractivity contribution in [3.8, 4) is 0 Å². The molecule has 28 heavy (non-hydrogen) atoms. The lowest BCUT2D eigenvalue weighted by atomic mass is 9.49. The summed E-state index contributed by atoms with van der Waals surface area (Å²) in [5, 5.41) is 0. The molecule has 0 amide bonds. The predicted molar refractivity (Wildman–Crippen MR) is 118 cm³/mol. The second-order valence-corrected chi connectivity index (χ2v) is 11.1. The van der Waals surface area contributed by atoms with Crippen LogP contribution in [0.25, 0.3) is 16.3 Å². The summed E-state index contributed by atoms with van der Waals surface area (Å²) in [4.78, 5) is 20.9. The summed E-state index contributed by atoms with van der Waals surface area (Å²) in [5.74, 6) is 2.41. The fourth-order valence-electron chi connectivity index (χ4n) is 6.12. The van der Waals surface area contributed by atoms with Crippen molar-refractivity contribution in [1.82, 2.24) is 9.97 Å². The maximum atomic E-state index is 12.8. The molecule has 7 rings (SSSR count). The Morgan fingerprint density at radius 2 is 2.04 bits per heavy atom. The molecule has 2 heterocycles. The van der Waals surface area contributed by atoms with Gasteiger partial charge in [0.25, 0.3) is 5.56 Å². The van der Waals surface area contributed by atoms with Crippen LogP contribution in [-0.4, -0.2) is 9.97 Å². The van der Waals surface area contributed by atoms with Crippen molar-refractivity contribution in [3.05, 3.63) is 67.5 Å². The van der Waals surface area contributed by atoms with Gasteiger partial charge in [-0.05, 0) is 76.6 Å². The van der Waals surface area contributed by atoms with E-state index in [1.165, 1.54) is 48.1 Å². The Kier molecular flexibility index (Phi) is 3.76. The normalized spacial score (nSPS) is 30.8. The molecule has 4 aliphatic carbocycles. The Morgan fingerprint density at radius 1 is 1.21 bits per heavy atom. The molecule has 0 radical (unpaired) electrons. The third kappa shape index (κ3) is 2.38. The molecule has 1 aromatic carbocycles. The first-order chi connectivity index (χ1) is 13.6. The van der Waals surface area contributed by atoms with Crippen LogP contribution in [0.4, 0.5) is 0 Å². The molecule has 0 saturated heterocycles. The van der Waals surface area contributed by atoms with E-state index in [0.717, 1.165) is 32.2 Å². The summed E-state index contributed by atoms with van der Waals surface area (Å²) in [6, 6.07) is 10.8. The number of aromatic amines is 1. The van der Waals surface area contributed by atoms with E-state index in [2.05, 4.69) is 57.3 Å². The van der Waals surface area contributed by atoms with Crippen molar-refractivity contribution in [2.45, 2.75) is 43.9 Å². The van der Waals surface area contributed by atoms with Gasteiger partial charge in [0.1, 0.15) is 10.5 Å². The highest BCUT2D eigenvalue weighted by Gasteiger charge is 2.54. The van der Waals surface area contributed by atoms with Gasteiger partial charge in [-0.3, -0.25) is 4.79 Å². The van der Waals surface area contributed by atoms with E-state index < -0.39 is 0 Å². The van der Waals surface area contributed by atoms with Gasteiger partial charge in [0.2, 0.25) is 0 Å². The zero-order valence-electron chi connectivity index (χ0n) is 15.5. The summed E-state index contributed by atoms with van der Waals surface area (Å²) in [7, 11) is 0. The minimum absolute atomic E-state index is 0.00895. The number of H-pyrrole nitrogens is 1. The molecular formula is C23H21BrN2OS. The van der Waals surface area contributed by atoms with Crippen molar-refractivity contribution < 1.29 is 0 Å². The van der Waals surface area contributed by atoms with Gasteiger partial charge < -0.3 is 4.98 Å². The van der Waals surface area contributed by atoms with Crippen molar-refractivity contribution in [2.75, 3.05) is 0 Å². The zero-order chi connectivity index (χ0) is 18.9. The van der Waals surface area contributed by atoms with Crippen LogP contribution in [0.2, 0.25) is 0 Å². The number of halogens is 1. The third-order valence-corrected chi connectivity index (χ3v) is 9.05. The number of fused-ring (bicyclic) bond motifs is 5. The molecule has 3 saturated carbocycles. The van der Waals surface area contributed by atoms with E-state index in [-0.39, 0.29) is 11.0 Å². The largest absolute Gasteiger partial charge is 0.309 e. The smallest absolute Gasteiger partial charge is 0.268 e. The van der Waals surface area contributed by atoms with Gasteiger partial charge >= 0.3 is 0 Å². The van der Waals surface area contributed by atoms with E-state index in [4.69, 9.17) is 4.98 Å². The maximum Gasteiger partial charge on any atom is 0.268 e. The van der Waals surface area contributed by atoms with Crippen molar-refractivity contribution in [3.63, 3.8) is 0 Å². The molecule has 5 heteroatoms. The molecule has 0 spiro atoms. The molecule has 0 aliphatic heterocycles. The highest BCUT2D eigenvalue weighted by atomic mass is 79.9. The first-order valence-corrected chi connectivity index (χ1v) is 11.7. The fourth-order valence-corrected chi connectivity index (χ4v) is 7.54. The van der Waals surface area contributed by atoms with Crippen LogP contribution in [0, 0.1) is 11.3 Å². The van der Waals surface area contributed by atoms with E-state index in [1.807, 2.05) is 6.07 Å². The molecule has 1 unspecified atom stereocenters. The van der Waals surface area contributed by atoms with Crippen molar-refractivity contribution >= 4 is 43.6 Å². The SMILES string of the molecule is O=c1[nH]c([C@@H]2CC3CCC2(C2C=Cc4ccccc42)CC3)nc2cc(Br)sc12. The van der Waals surface area contributed by atoms with Gasteiger partial charge in [-0.1, -0.05) is 36.4 Å². The minimum Gasteiger partial charge on any atom is -0.309 e. The molecule has 2 aromatic heterocycles. The number of nitrogens with zero attached hydrogens (tertiary/aromatic N) is 1. The summed E-state index contributed by atoms with van der Waals surface area (Å²) in [6.07, 6.45) is 10.9. The fraction of sp³-hybridized carbons (Fsp3) is 0.391. The van der Waals surface area contributed by atoms with Crippen LogP contribution in [0.1, 0.15) is 60.9 Å². The number of rotatable bonds is 2. The zero-order valence-corrected chi connectivity index (χ0v) is 17.9. The minimum atomic E-state index is 0.00895. The van der Waals surface area contributed by atoms with E-state index in [1.54, 1.807) is 0 Å². The van der Waals surface area contributed by atoms with Gasteiger partial charge in [-0.15, -0.1) is 11.3 Å². The standard InChI is InChI=1S/C23H21BrN2OS/c24-19-12-18-20(28-19)22(27)26-21(25-18)17-11-13-7-9-23(17,10-8-13)16-6-5-14-3-1-2-4-15(14)16/h1-6,12-13,16-17H,7-11H2,(H,25,26,27)/t13?,16?,17-,23?/m0/s1. The van der Waals surface area contributed by atoms with Crippen LogP contribution in [0.3, 0.4) is 0 Å². The van der Waals surface area contributed by atoms with Gasteiger partial charge in [-0.2, -0.15) is 0 Å². The highest BCUT2D eigenvalue weighted by molar-refractivity contribution is 9.11. The third-order valence-electron chi connectivity index (χ3n) is 7.42. The number of nitrogens with one attached hydrogen (secondary N) is 1. The molecule has 4 aliphatic rings. The van der Waals surface area contributed by atoms with Crippen molar-refractivity contribution in [2.24, 2.45) is 11.3 Å². The number of hydrogen-bond donors (Lipinski definition) is 1. The summed E-state index contributed by atoms with van der Waals surface area (Å²) in [6.45, 7) is 0. The lowest BCUT2D eigenvalue weighted by molar-refractivity contribution is 0.0201. The molecular weight excluding hydrogens is 432 g/mol. The monoisotopic (exact) mass is 452 g/mol. The van der Waals surface area contributed by atoms with Crippen LogP contribution < -0.4 is 5.56 Å². The Morgan fingerprint density at radius 3 is 2.89 bits per heavy atom. The van der Waals surface area contributed by atoms with Gasteiger partial charge in [0.15, 0.2) is 0 Å². The number of aromatic nitrogens is 2. The van der Waals surface area contributed by atoms with Crippen LogP contribution in [0.15, 0.2) is 45.0 Å². The van der Waals surface area contributed by atoms with Gasteiger partial charge in [0, 0.05) is 11.8 Å². The van der Waals surface area contributed by atoms with Crippen LogP contribution in [-0.2, 0) is 0 Å². The van der Waals surface area contributed by atoms with E-state index in [0.29, 0.717) is 11.8 Å². The summed E-state index contributed by atoms with van der Waals surface area (Å²) < 4.78 is 1.68.